The van der Waals surface area contributed by atoms with Crippen LogP contribution in [0.15, 0.2) is 126 Å². The lowest BCUT2D eigenvalue weighted by atomic mass is 9.95. The third-order valence-corrected chi connectivity index (χ3v) is 7.86. The van der Waals surface area contributed by atoms with E-state index in [1.54, 1.807) is 0 Å². The van der Waals surface area contributed by atoms with E-state index in [1.807, 2.05) is 12.1 Å². The van der Waals surface area contributed by atoms with Crippen LogP contribution in [0.3, 0.4) is 0 Å². The molecule has 0 saturated carbocycles. The highest BCUT2D eigenvalue weighted by Crippen LogP contribution is 2.37. The van der Waals surface area contributed by atoms with Gasteiger partial charge < -0.3 is 0 Å². The molecule has 0 spiro atoms. The first-order chi connectivity index (χ1) is 16.8. The van der Waals surface area contributed by atoms with Crippen molar-refractivity contribution in [3.05, 3.63) is 121 Å². The predicted octanol–water partition coefficient (Wildman–Crippen LogP) is 11.7. The van der Waals surface area contributed by atoms with Crippen molar-refractivity contribution < 1.29 is 0 Å². The summed E-state index contributed by atoms with van der Waals surface area (Å²) in [6.07, 6.45) is 0. The van der Waals surface area contributed by atoms with Crippen molar-refractivity contribution in [2.75, 3.05) is 0 Å². The third kappa shape index (κ3) is 6.03. The molecule has 0 aliphatic rings. The smallest absolute Gasteiger partial charge is 0.0187 e. The van der Waals surface area contributed by atoms with Gasteiger partial charge in [0.1, 0.15) is 0 Å². The third-order valence-electron chi connectivity index (χ3n) is 5.70. The molecule has 0 aliphatic heterocycles. The molecule has 0 nitrogen and oxygen atoms in total. The molecule has 0 saturated heterocycles. The number of hydrogen-bond donors (Lipinski definition) is 1. The van der Waals surface area contributed by atoms with Crippen LogP contribution in [0.5, 0.6) is 0 Å². The standard InChI is InChI=1S/C30H18Br4S/c31-26-5-1-3-18(10-26)20-7-22(14-28(33)12-20)24-9-25(17-30(35)16-24)23-8-21(13-29(34)15-23)19-4-2-6-27(32)11-19/h1-17,35H. The van der Waals surface area contributed by atoms with Gasteiger partial charge in [-0.1, -0.05) is 88.0 Å². The van der Waals surface area contributed by atoms with E-state index in [9.17, 15) is 0 Å². The average Bonchev–Trinajstić information content (AvgIpc) is 2.83. The predicted molar refractivity (Wildman–Crippen MR) is 166 cm³/mol. The Balaban J connectivity index is 1.60. The lowest BCUT2D eigenvalue weighted by Crippen LogP contribution is -1.87. The quantitative estimate of drug-likeness (QED) is 0.175. The second-order valence-electron chi connectivity index (χ2n) is 8.25. The van der Waals surface area contributed by atoms with E-state index in [4.69, 9.17) is 12.6 Å². The Bertz CT molecular complexity index is 1450. The molecule has 0 aliphatic carbocycles. The van der Waals surface area contributed by atoms with Crippen molar-refractivity contribution in [1.29, 1.82) is 0 Å². The highest BCUT2D eigenvalue weighted by molar-refractivity contribution is 9.11. The first-order valence-electron chi connectivity index (χ1n) is 10.8. The SMILES string of the molecule is Sc1cc(-c2cc(Br)cc(-c3cccc(Br)c3)c2)cc(-c2cc(Br)cc(-c3cccc(Br)c3)c2)c1. The van der Waals surface area contributed by atoms with Crippen molar-refractivity contribution in [3.8, 4) is 44.5 Å². The van der Waals surface area contributed by atoms with Crippen molar-refractivity contribution in [3.63, 3.8) is 0 Å². The Hall–Kier alpha value is -1.63. The van der Waals surface area contributed by atoms with Gasteiger partial charge in [-0.15, -0.1) is 12.6 Å². The molecule has 0 unspecified atom stereocenters. The van der Waals surface area contributed by atoms with Crippen LogP contribution in [0.2, 0.25) is 0 Å². The summed E-state index contributed by atoms with van der Waals surface area (Å²) in [4.78, 5) is 0.922. The lowest BCUT2D eigenvalue weighted by Gasteiger charge is -2.13. The molecule has 172 valence electrons. The molecule has 0 atom stereocenters. The minimum Gasteiger partial charge on any atom is -0.143 e. The fourth-order valence-corrected chi connectivity index (χ4v) is 6.19. The van der Waals surface area contributed by atoms with Gasteiger partial charge in [-0.2, -0.15) is 0 Å². The Morgan fingerprint density at radius 1 is 0.343 bits per heavy atom. The summed E-state index contributed by atoms with van der Waals surface area (Å²) in [5, 5.41) is 0. The Kier molecular flexibility index (Phi) is 7.71. The molecule has 0 fully saturated rings. The average molecular weight is 730 g/mol. The van der Waals surface area contributed by atoms with E-state index in [-0.39, 0.29) is 0 Å². The molecule has 0 aromatic heterocycles. The van der Waals surface area contributed by atoms with Gasteiger partial charge in [-0.05, 0) is 123 Å². The molecule has 5 heteroatoms. The van der Waals surface area contributed by atoms with Gasteiger partial charge >= 0.3 is 0 Å². The van der Waals surface area contributed by atoms with E-state index in [0.29, 0.717) is 0 Å². The Morgan fingerprint density at radius 2 is 0.657 bits per heavy atom. The molecular weight excluding hydrogens is 712 g/mol. The zero-order valence-corrected chi connectivity index (χ0v) is 25.5. The summed E-state index contributed by atoms with van der Waals surface area (Å²) in [7, 11) is 0. The summed E-state index contributed by atoms with van der Waals surface area (Å²) >= 11 is 19.4. The molecule has 5 aromatic rings. The van der Waals surface area contributed by atoms with Gasteiger partial charge in [0.2, 0.25) is 0 Å². The molecule has 0 amide bonds. The van der Waals surface area contributed by atoms with Crippen LogP contribution in [0.4, 0.5) is 0 Å². The summed E-state index contributed by atoms with van der Waals surface area (Å²) in [5.41, 5.74) is 9.14. The number of hydrogen-bond acceptors (Lipinski definition) is 1. The van der Waals surface area contributed by atoms with Crippen molar-refractivity contribution in [2.45, 2.75) is 4.90 Å². The summed E-state index contributed by atoms with van der Waals surface area (Å²) in [5.74, 6) is 0. The minimum atomic E-state index is 0.922. The van der Waals surface area contributed by atoms with Gasteiger partial charge in [-0.3, -0.25) is 0 Å². The van der Waals surface area contributed by atoms with E-state index in [1.165, 1.54) is 0 Å². The zero-order valence-electron chi connectivity index (χ0n) is 18.3. The molecule has 0 radical (unpaired) electrons. The van der Waals surface area contributed by atoms with Crippen LogP contribution >= 0.6 is 76.3 Å². The number of rotatable bonds is 4. The molecule has 5 aromatic carbocycles. The number of thiol groups is 1. The Morgan fingerprint density at radius 3 is 1.03 bits per heavy atom. The fourth-order valence-electron chi connectivity index (χ4n) is 4.13. The van der Waals surface area contributed by atoms with E-state index in [0.717, 1.165) is 67.3 Å². The van der Waals surface area contributed by atoms with Gasteiger partial charge in [0.05, 0.1) is 0 Å². The maximum atomic E-state index is 4.76. The highest BCUT2D eigenvalue weighted by atomic mass is 79.9. The van der Waals surface area contributed by atoms with Gasteiger partial charge in [0, 0.05) is 22.8 Å². The maximum Gasteiger partial charge on any atom is 0.0187 e. The zero-order chi connectivity index (χ0) is 24.5. The topological polar surface area (TPSA) is 0 Å². The molecule has 0 heterocycles. The summed E-state index contributed by atoms with van der Waals surface area (Å²) in [6.45, 7) is 0. The monoisotopic (exact) mass is 726 g/mol. The number of benzene rings is 5. The molecular formula is C30H18Br4S. The van der Waals surface area contributed by atoms with Gasteiger partial charge in [0.15, 0.2) is 0 Å². The molecule has 35 heavy (non-hydrogen) atoms. The van der Waals surface area contributed by atoms with E-state index >= 15 is 0 Å². The normalized spacial score (nSPS) is 11.0. The van der Waals surface area contributed by atoms with Crippen LogP contribution in [0, 0.1) is 0 Å². The molecule has 5 rings (SSSR count). The molecule has 0 N–H and O–H groups in total. The largest absolute Gasteiger partial charge is 0.143 e. The van der Waals surface area contributed by atoms with Crippen LogP contribution < -0.4 is 0 Å². The van der Waals surface area contributed by atoms with Gasteiger partial charge in [0.25, 0.3) is 0 Å². The second-order valence-corrected chi connectivity index (χ2v) is 12.4. The van der Waals surface area contributed by atoms with Crippen LogP contribution in [-0.2, 0) is 0 Å². The van der Waals surface area contributed by atoms with Crippen LogP contribution in [-0.4, -0.2) is 0 Å². The maximum absolute atomic E-state index is 4.76. The first kappa shape index (κ1) is 25.0. The fraction of sp³-hybridized carbons (Fsp3) is 0. The van der Waals surface area contributed by atoms with Crippen LogP contribution in [0.1, 0.15) is 0 Å². The van der Waals surface area contributed by atoms with Crippen molar-refractivity contribution >= 4 is 76.3 Å². The minimum absolute atomic E-state index is 0.922. The van der Waals surface area contributed by atoms with Gasteiger partial charge in [-0.25, -0.2) is 0 Å². The number of halogens is 4. The van der Waals surface area contributed by atoms with Crippen LogP contribution in [0.25, 0.3) is 44.5 Å². The Labute approximate surface area is 244 Å². The second kappa shape index (κ2) is 10.8. The summed E-state index contributed by atoms with van der Waals surface area (Å²) in [6, 6.07) is 36.3. The van der Waals surface area contributed by atoms with E-state index < -0.39 is 0 Å². The highest BCUT2D eigenvalue weighted by Gasteiger charge is 2.10. The molecule has 0 bridgehead atoms. The first-order valence-corrected chi connectivity index (χ1v) is 14.4. The lowest BCUT2D eigenvalue weighted by molar-refractivity contribution is 1.45. The van der Waals surface area contributed by atoms with E-state index in [2.05, 4.69) is 155 Å². The summed E-state index contributed by atoms with van der Waals surface area (Å²) < 4.78 is 4.20. The van der Waals surface area contributed by atoms with Crippen molar-refractivity contribution in [1.82, 2.24) is 0 Å². The van der Waals surface area contributed by atoms with Crippen molar-refractivity contribution in [2.24, 2.45) is 0 Å².